The van der Waals surface area contributed by atoms with Crippen LogP contribution in [0.2, 0.25) is 0 Å². The number of aromatic nitrogens is 1. The second-order valence-electron chi connectivity index (χ2n) is 5.88. The predicted molar refractivity (Wildman–Crippen MR) is 89.2 cm³/mol. The number of hydrogen-bond acceptors (Lipinski definition) is 2. The fourth-order valence-corrected chi connectivity index (χ4v) is 3.22. The first-order valence-corrected chi connectivity index (χ1v) is 7.60. The lowest BCUT2D eigenvalue weighted by atomic mass is 9.99. The molecule has 2 heterocycles. The molecule has 0 unspecified atom stereocenters. The Morgan fingerprint density at radius 2 is 1.96 bits per heavy atom. The van der Waals surface area contributed by atoms with E-state index in [0.717, 1.165) is 28.6 Å². The van der Waals surface area contributed by atoms with E-state index in [0.29, 0.717) is 17.8 Å². The summed E-state index contributed by atoms with van der Waals surface area (Å²) in [6, 6.07) is 16.1. The van der Waals surface area contributed by atoms with Gasteiger partial charge in [-0.3, -0.25) is 4.79 Å². The maximum atomic E-state index is 12.1. The maximum Gasteiger partial charge on any atom is 0.268 e. The number of aryl methyl sites for hydroxylation is 1. The van der Waals surface area contributed by atoms with Crippen LogP contribution >= 0.6 is 0 Å². The summed E-state index contributed by atoms with van der Waals surface area (Å²) in [5.41, 5.74) is 5.55. The molecule has 0 saturated heterocycles. The zero-order chi connectivity index (χ0) is 16.0. The summed E-state index contributed by atoms with van der Waals surface area (Å²) in [5.74, 6) is -0.0548. The van der Waals surface area contributed by atoms with E-state index in [1.54, 1.807) is 0 Å². The number of rotatable bonds is 1. The van der Waals surface area contributed by atoms with Gasteiger partial charge in [-0.05, 0) is 30.7 Å². The van der Waals surface area contributed by atoms with Gasteiger partial charge in [0, 0.05) is 24.0 Å². The second-order valence-corrected chi connectivity index (χ2v) is 5.88. The van der Waals surface area contributed by atoms with Crippen LogP contribution in [0.1, 0.15) is 21.6 Å². The average molecular weight is 301 g/mol. The minimum absolute atomic E-state index is 0.0548. The quantitative estimate of drug-likeness (QED) is 0.750. The van der Waals surface area contributed by atoms with E-state index in [4.69, 9.17) is 0 Å². The molecule has 1 aromatic heterocycles. The minimum atomic E-state index is -0.0548. The molecule has 4 rings (SSSR count). The van der Waals surface area contributed by atoms with Crippen molar-refractivity contribution in [2.45, 2.75) is 13.5 Å². The van der Waals surface area contributed by atoms with Gasteiger partial charge in [-0.25, -0.2) is 0 Å². The molecule has 112 valence electrons. The first-order chi connectivity index (χ1) is 11.2. The van der Waals surface area contributed by atoms with Crippen molar-refractivity contribution in [1.29, 1.82) is 5.26 Å². The molecule has 0 saturated carbocycles. The van der Waals surface area contributed by atoms with Gasteiger partial charge in [0.25, 0.3) is 5.91 Å². The smallest absolute Gasteiger partial charge is 0.268 e. The number of carbonyl (C=O) groups is 1. The van der Waals surface area contributed by atoms with E-state index in [1.807, 2.05) is 18.2 Å². The monoisotopic (exact) mass is 301 g/mol. The summed E-state index contributed by atoms with van der Waals surface area (Å²) in [4.78, 5) is 12.1. The van der Waals surface area contributed by atoms with Gasteiger partial charge in [0.1, 0.15) is 5.69 Å². The predicted octanol–water partition coefficient (Wildman–Crippen LogP) is 3.23. The molecule has 4 heteroatoms. The van der Waals surface area contributed by atoms with Crippen molar-refractivity contribution in [3.63, 3.8) is 0 Å². The number of benzene rings is 2. The van der Waals surface area contributed by atoms with Gasteiger partial charge in [0.05, 0.1) is 17.1 Å². The van der Waals surface area contributed by atoms with Crippen LogP contribution in [0.4, 0.5) is 0 Å². The third-order valence-corrected chi connectivity index (χ3v) is 4.34. The highest BCUT2D eigenvalue weighted by atomic mass is 16.2. The molecule has 0 fully saturated rings. The fourth-order valence-electron chi connectivity index (χ4n) is 3.22. The molecule has 1 aliphatic rings. The van der Waals surface area contributed by atoms with Gasteiger partial charge in [-0.1, -0.05) is 29.8 Å². The van der Waals surface area contributed by atoms with Crippen LogP contribution < -0.4 is 5.32 Å². The number of hydrogen-bond donors (Lipinski definition) is 1. The summed E-state index contributed by atoms with van der Waals surface area (Å²) < 4.78 is 2.06. The number of nitriles is 1. The third kappa shape index (κ3) is 2.09. The van der Waals surface area contributed by atoms with E-state index in [-0.39, 0.29) is 5.91 Å². The minimum Gasteiger partial charge on any atom is -0.349 e. The highest BCUT2D eigenvalue weighted by molar-refractivity contribution is 6.04. The van der Waals surface area contributed by atoms with Crippen LogP contribution in [0, 0.1) is 18.3 Å². The maximum absolute atomic E-state index is 12.1. The summed E-state index contributed by atoms with van der Waals surface area (Å²) in [7, 11) is 0. The van der Waals surface area contributed by atoms with Gasteiger partial charge in [-0.2, -0.15) is 5.26 Å². The fraction of sp³-hybridized carbons (Fsp3) is 0.158. The van der Waals surface area contributed by atoms with E-state index in [2.05, 4.69) is 47.1 Å². The first-order valence-electron chi connectivity index (χ1n) is 7.60. The molecule has 0 aliphatic carbocycles. The van der Waals surface area contributed by atoms with Crippen molar-refractivity contribution in [2.75, 3.05) is 6.54 Å². The Balaban J connectivity index is 2.07. The van der Waals surface area contributed by atoms with Crippen molar-refractivity contribution >= 4 is 16.8 Å². The number of nitrogens with zero attached hydrogens (tertiary/aromatic N) is 2. The highest BCUT2D eigenvalue weighted by Crippen LogP contribution is 2.33. The molecule has 1 N–H and O–H groups in total. The van der Waals surface area contributed by atoms with Crippen molar-refractivity contribution in [3.05, 3.63) is 59.3 Å². The van der Waals surface area contributed by atoms with Crippen molar-refractivity contribution in [2.24, 2.45) is 0 Å². The Morgan fingerprint density at radius 1 is 1.17 bits per heavy atom. The molecule has 1 amide bonds. The first kappa shape index (κ1) is 13.6. The van der Waals surface area contributed by atoms with E-state index in [1.165, 1.54) is 5.56 Å². The highest BCUT2D eigenvalue weighted by Gasteiger charge is 2.22. The zero-order valence-electron chi connectivity index (χ0n) is 12.8. The van der Waals surface area contributed by atoms with Crippen LogP contribution in [-0.2, 0) is 6.54 Å². The molecule has 0 spiro atoms. The Kier molecular flexibility index (Phi) is 2.95. The van der Waals surface area contributed by atoms with E-state index in [9.17, 15) is 10.1 Å². The van der Waals surface area contributed by atoms with Crippen LogP contribution in [0.25, 0.3) is 22.0 Å². The van der Waals surface area contributed by atoms with Gasteiger partial charge in [0.15, 0.2) is 0 Å². The molecule has 0 radical (unpaired) electrons. The van der Waals surface area contributed by atoms with Crippen LogP contribution in [0.5, 0.6) is 0 Å². The Hall–Kier alpha value is -3.06. The van der Waals surface area contributed by atoms with Gasteiger partial charge >= 0.3 is 0 Å². The number of carbonyl (C=O) groups excluding carboxylic acids is 1. The lowest BCUT2D eigenvalue weighted by Gasteiger charge is -2.18. The molecular weight excluding hydrogens is 286 g/mol. The molecule has 2 aromatic carbocycles. The normalized spacial score (nSPS) is 13.5. The lowest BCUT2D eigenvalue weighted by Crippen LogP contribution is -2.34. The lowest BCUT2D eigenvalue weighted by molar-refractivity contribution is 0.0929. The van der Waals surface area contributed by atoms with E-state index >= 15 is 0 Å². The van der Waals surface area contributed by atoms with Crippen LogP contribution in [0.15, 0.2) is 42.5 Å². The Morgan fingerprint density at radius 3 is 2.70 bits per heavy atom. The summed E-state index contributed by atoms with van der Waals surface area (Å²) in [6.45, 7) is 3.42. The van der Waals surface area contributed by atoms with Crippen LogP contribution in [0.3, 0.4) is 0 Å². The summed E-state index contributed by atoms with van der Waals surface area (Å²) in [6.07, 6.45) is 0. The van der Waals surface area contributed by atoms with Crippen molar-refractivity contribution in [1.82, 2.24) is 9.88 Å². The number of fused-ring (bicyclic) bond motifs is 3. The summed E-state index contributed by atoms with van der Waals surface area (Å²) >= 11 is 0. The molecule has 0 atom stereocenters. The largest absolute Gasteiger partial charge is 0.349 e. The Bertz CT molecular complexity index is 975. The Labute approximate surface area is 134 Å². The standard InChI is InChI=1S/C19H15N3O/c1-12-2-4-14(5-3-12)16-9-13(11-20)8-15-10-17-19(23)21-6-7-22(17)18(15)16/h2-5,8-10H,6-7H2,1H3,(H,21,23). The number of nitrogens with one attached hydrogen (secondary N) is 1. The molecular formula is C19H15N3O. The van der Waals surface area contributed by atoms with Crippen LogP contribution in [-0.4, -0.2) is 17.0 Å². The molecule has 4 nitrogen and oxygen atoms in total. The van der Waals surface area contributed by atoms with Crippen molar-refractivity contribution in [3.8, 4) is 17.2 Å². The SMILES string of the molecule is Cc1ccc(-c2cc(C#N)cc3cc4n(c23)CCNC4=O)cc1. The van der Waals surface area contributed by atoms with E-state index < -0.39 is 0 Å². The average Bonchev–Trinajstić information content (AvgIpc) is 2.95. The van der Waals surface area contributed by atoms with Crippen molar-refractivity contribution < 1.29 is 4.79 Å². The van der Waals surface area contributed by atoms with Gasteiger partial charge in [-0.15, -0.1) is 0 Å². The second kappa shape index (κ2) is 4.99. The molecule has 0 bridgehead atoms. The molecule has 1 aliphatic heterocycles. The topological polar surface area (TPSA) is 57.8 Å². The van der Waals surface area contributed by atoms with Gasteiger partial charge < -0.3 is 9.88 Å². The summed E-state index contributed by atoms with van der Waals surface area (Å²) in [5, 5.41) is 13.1. The molecule has 23 heavy (non-hydrogen) atoms. The molecule has 3 aromatic rings. The third-order valence-electron chi connectivity index (χ3n) is 4.34. The zero-order valence-corrected chi connectivity index (χ0v) is 12.8. The number of amides is 1. The van der Waals surface area contributed by atoms with Gasteiger partial charge in [0.2, 0.25) is 0 Å².